The van der Waals surface area contributed by atoms with Crippen LogP contribution in [-0.2, 0) is 0 Å². The number of nitro benzene ring substituents is 1. The Morgan fingerprint density at radius 1 is 1.43 bits per heavy atom. The fraction of sp³-hybridized carbons (Fsp3) is 0.0769. The van der Waals surface area contributed by atoms with Gasteiger partial charge >= 0.3 is 0 Å². The smallest absolute Gasteiger partial charge is 0.274 e. The van der Waals surface area contributed by atoms with Gasteiger partial charge in [0.2, 0.25) is 0 Å². The third-order valence-corrected chi connectivity index (χ3v) is 2.66. The molecule has 0 aliphatic carbocycles. The van der Waals surface area contributed by atoms with Crippen LogP contribution in [0.1, 0.15) is 21.7 Å². The van der Waals surface area contributed by atoms with Gasteiger partial charge in [-0.25, -0.2) is 5.43 Å². The summed E-state index contributed by atoms with van der Waals surface area (Å²) in [7, 11) is 0. The Morgan fingerprint density at radius 3 is 2.81 bits per heavy atom. The molecular formula is C13H10N3O5-. The number of nitrogens with one attached hydrogen (secondary N) is 1. The highest BCUT2D eigenvalue weighted by molar-refractivity contribution is 5.95. The maximum atomic E-state index is 11.7. The van der Waals surface area contributed by atoms with E-state index in [9.17, 15) is 20.0 Å². The van der Waals surface area contributed by atoms with Crippen molar-refractivity contribution in [2.24, 2.45) is 5.10 Å². The third kappa shape index (κ3) is 3.24. The van der Waals surface area contributed by atoms with Crippen molar-refractivity contribution in [3.05, 3.63) is 57.5 Å². The molecule has 0 saturated heterocycles. The molecule has 2 aromatic rings. The monoisotopic (exact) mass is 288 g/mol. The Balaban J connectivity index is 2.08. The predicted molar refractivity (Wildman–Crippen MR) is 71.0 cm³/mol. The minimum atomic E-state index is -0.771. The predicted octanol–water partition coefficient (Wildman–Crippen LogP) is 1.33. The van der Waals surface area contributed by atoms with E-state index in [2.05, 4.69) is 10.5 Å². The lowest BCUT2D eigenvalue weighted by molar-refractivity contribution is -0.398. The second-order valence-electron chi connectivity index (χ2n) is 4.07. The van der Waals surface area contributed by atoms with Gasteiger partial charge in [0.1, 0.15) is 5.76 Å². The molecule has 1 amide bonds. The van der Waals surface area contributed by atoms with E-state index in [1.807, 2.05) is 0 Å². The zero-order valence-corrected chi connectivity index (χ0v) is 10.9. The standard InChI is InChI=1S/C13H11N3O5/c1-8-10(4-5-21-8)13(18)15-14-7-9-2-3-12(17)11(6-9)16(19)20/h2-7,17H,1H3,(H,15,18)/p-1/b14-7-. The van der Waals surface area contributed by atoms with Gasteiger partial charge in [0, 0.05) is 11.6 Å². The van der Waals surface area contributed by atoms with Gasteiger partial charge in [-0.1, -0.05) is 12.1 Å². The summed E-state index contributed by atoms with van der Waals surface area (Å²) in [5.41, 5.74) is 2.38. The molecule has 0 aliphatic heterocycles. The number of carbonyl (C=O) groups is 1. The second-order valence-corrected chi connectivity index (χ2v) is 4.07. The van der Waals surface area contributed by atoms with Crippen molar-refractivity contribution in [2.45, 2.75) is 6.92 Å². The molecule has 0 aliphatic rings. The third-order valence-electron chi connectivity index (χ3n) is 2.66. The van der Waals surface area contributed by atoms with Gasteiger partial charge in [-0.15, -0.1) is 0 Å². The highest BCUT2D eigenvalue weighted by atomic mass is 16.6. The Hall–Kier alpha value is -3.16. The first kappa shape index (κ1) is 14.3. The van der Waals surface area contributed by atoms with E-state index < -0.39 is 22.3 Å². The number of amides is 1. The number of hydrazone groups is 1. The SMILES string of the molecule is Cc1occc1C(=O)N/N=C\c1ccc([O-])c([N+](=O)[O-])c1. The molecule has 8 nitrogen and oxygen atoms in total. The first-order valence-corrected chi connectivity index (χ1v) is 5.82. The first-order valence-electron chi connectivity index (χ1n) is 5.82. The summed E-state index contributed by atoms with van der Waals surface area (Å²) in [5, 5.41) is 25.5. The normalized spacial score (nSPS) is 10.7. The molecule has 1 aromatic heterocycles. The molecule has 0 spiro atoms. The van der Waals surface area contributed by atoms with Crippen LogP contribution in [0.25, 0.3) is 0 Å². The average molecular weight is 288 g/mol. The van der Waals surface area contributed by atoms with Crippen LogP contribution >= 0.6 is 0 Å². The fourth-order valence-electron chi connectivity index (χ4n) is 1.60. The van der Waals surface area contributed by atoms with E-state index in [1.165, 1.54) is 24.6 Å². The number of rotatable bonds is 4. The van der Waals surface area contributed by atoms with Crippen LogP contribution in [-0.4, -0.2) is 17.0 Å². The van der Waals surface area contributed by atoms with Crippen molar-refractivity contribution >= 4 is 17.8 Å². The maximum absolute atomic E-state index is 11.7. The number of benzene rings is 1. The molecule has 2 rings (SSSR count). The summed E-state index contributed by atoms with van der Waals surface area (Å²) in [6.45, 7) is 1.63. The summed E-state index contributed by atoms with van der Waals surface area (Å²) >= 11 is 0. The highest BCUT2D eigenvalue weighted by Crippen LogP contribution is 2.22. The largest absolute Gasteiger partial charge is 0.868 e. The second kappa shape index (κ2) is 5.87. The Kier molecular flexibility index (Phi) is 3.98. The van der Waals surface area contributed by atoms with E-state index in [0.717, 1.165) is 12.1 Å². The molecule has 0 fully saturated rings. The zero-order valence-electron chi connectivity index (χ0n) is 10.9. The molecule has 0 bridgehead atoms. The summed E-state index contributed by atoms with van der Waals surface area (Å²) in [6.07, 6.45) is 2.59. The van der Waals surface area contributed by atoms with Gasteiger partial charge < -0.3 is 9.52 Å². The van der Waals surface area contributed by atoms with Gasteiger partial charge in [-0.05, 0) is 18.7 Å². The van der Waals surface area contributed by atoms with Crippen LogP contribution in [0.5, 0.6) is 5.75 Å². The molecule has 1 aromatic carbocycles. The minimum absolute atomic E-state index is 0.325. The molecule has 0 saturated carbocycles. The summed E-state index contributed by atoms with van der Waals surface area (Å²) in [4.78, 5) is 21.6. The Bertz CT molecular complexity index is 720. The van der Waals surface area contributed by atoms with Crippen molar-refractivity contribution in [2.75, 3.05) is 0 Å². The quantitative estimate of drug-likeness (QED) is 0.517. The van der Waals surface area contributed by atoms with E-state index in [0.29, 0.717) is 16.9 Å². The van der Waals surface area contributed by atoms with Crippen LogP contribution in [0, 0.1) is 17.0 Å². The van der Waals surface area contributed by atoms with Gasteiger partial charge in [0.05, 0.1) is 23.0 Å². The van der Waals surface area contributed by atoms with Crippen molar-refractivity contribution in [3.8, 4) is 5.75 Å². The molecule has 21 heavy (non-hydrogen) atoms. The number of nitro groups is 1. The van der Waals surface area contributed by atoms with E-state index in [-0.39, 0.29) is 0 Å². The lowest BCUT2D eigenvalue weighted by Crippen LogP contribution is -2.17. The Morgan fingerprint density at radius 2 is 2.19 bits per heavy atom. The van der Waals surface area contributed by atoms with Crippen molar-refractivity contribution in [1.29, 1.82) is 0 Å². The van der Waals surface area contributed by atoms with Gasteiger partial charge in [-0.2, -0.15) is 5.10 Å². The molecular weight excluding hydrogens is 278 g/mol. The molecule has 0 unspecified atom stereocenters. The topological polar surface area (TPSA) is 121 Å². The van der Waals surface area contributed by atoms with Crippen molar-refractivity contribution in [1.82, 2.24) is 5.43 Å². The van der Waals surface area contributed by atoms with E-state index >= 15 is 0 Å². The number of hydrogen-bond acceptors (Lipinski definition) is 6. The number of furan rings is 1. The van der Waals surface area contributed by atoms with Crippen molar-refractivity contribution < 1.29 is 19.2 Å². The number of carbonyl (C=O) groups excluding carboxylic acids is 1. The van der Waals surface area contributed by atoms with E-state index in [1.54, 1.807) is 6.92 Å². The van der Waals surface area contributed by atoms with Crippen LogP contribution in [0.4, 0.5) is 5.69 Å². The molecule has 1 N–H and O–H groups in total. The van der Waals surface area contributed by atoms with Gasteiger partial charge in [-0.3, -0.25) is 14.9 Å². The molecule has 108 valence electrons. The summed E-state index contributed by atoms with van der Waals surface area (Å²) in [5.74, 6) is -0.698. The van der Waals surface area contributed by atoms with Crippen LogP contribution in [0.2, 0.25) is 0 Å². The molecule has 0 radical (unpaired) electrons. The van der Waals surface area contributed by atoms with Gasteiger partial charge in [0.15, 0.2) is 0 Å². The number of hydrogen-bond donors (Lipinski definition) is 1. The fourth-order valence-corrected chi connectivity index (χ4v) is 1.60. The molecule has 8 heteroatoms. The van der Waals surface area contributed by atoms with Crippen molar-refractivity contribution in [3.63, 3.8) is 0 Å². The summed E-state index contributed by atoms with van der Waals surface area (Å²) < 4.78 is 4.98. The number of aryl methyl sites for hydroxylation is 1. The number of nitrogens with zero attached hydrogens (tertiary/aromatic N) is 2. The molecule has 0 atom stereocenters. The highest BCUT2D eigenvalue weighted by Gasteiger charge is 2.10. The average Bonchev–Trinajstić information content (AvgIpc) is 2.86. The van der Waals surface area contributed by atoms with Gasteiger partial charge in [0.25, 0.3) is 11.6 Å². The molecule has 1 heterocycles. The lowest BCUT2D eigenvalue weighted by Gasteiger charge is -2.05. The Labute approximate surface area is 118 Å². The van der Waals surface area contributed by atoms with Crippen LogP contribution < -0.4 is 10.5 Å². The zero-order chi connectivity index (χ0) is 15.4. The van der Waals surface area contributed by atoms with E-state index in [4.69, 9.17) is 4.42 Å². The van der Waals surface area contributed by atoms with Crippen LogP contribution in [0.15, 0.2) is 40.0 Å². The minimum Gasteiger partial charge on any atom is -0.868 e. The summed E-state index contributed by atoms with van der Waals surface area (Å²) in [6, 6.07) is 5.02. The van der Waals surface area contributed by atoms with Crippen LogP contribution in [0.3, 0.4) is 0 Å². The lowest BCUT2D eigenvalue weighted by atomic mass is 10.2. The maximum Gasteiger partial charge on any atom is 0.274 e. The first-order chi connectivity index (χ1) is 9.99.